The minimum atomic E-state index is -0.244. The molecule has 0 fully saturated rings. The highest BCUT2D eigenvalue weighted by atomic mass is 19.1. The van der Waals surface area contributed by atoms with E-state index in [2.05, 4.69) is 20.6 Å². The van der Waals surface area contributed by atoms with E-state index in [1.54, 1.807) is 27.3 Å². The van der Waals surface area contributed by atoms with Gasteiger partial charge in [0, 0.05) is 37.2 Å². The van der Waals surface area contributed by atoms with Crippen molar-refractivity contribution in [3.8, 4) is 17.2 Å². The molecule has 0 aliphatic heterocycles. The Kier molecular flexibility index (Phi) is 7.59. The summed E-state index contributed by atoms with van der Waals surface area (Å²) in [6.45, 7) is 3.65. The van der Waals surface area contributed by atoms with Crippen molar-refractivity contribution in [2.24, 2.45) is 4.99 Å². The number of rotatable bonds is 9. The summed E-state index contributed by atoms with van der Waals surface area (Å²) in [5.41, 5.74) is 2.90. The molecule has 1 heterocycles. The predicted octanol–water partition coefficient (Wildman–Crippen LogP) is 3.63. The van der Waals surface area contributed by atoms with Crippen molar-refractivity contribution in [3.63, 3.8) is 0 Å². The number of halogens is 1. The first-order chi connectivity index (χ1) is 15.1. The van der Waals surface area contributed by atoms with Crippen LogP contribution in [0.3, 0.4) is 0 Å². The normalized spacial score (nSPS) is 11.5. The maximum atomic E-state index is 13.4. The zero-order chi connectivity index (χ0) is 22.2. The largest absolute Gasteiger partial charge is 0.493 e. The Balaban J connectivity index is 1.59. The molecule has 0 unspecified atom stereocenters. The molecule has 31 heavy (non-hydrogen) atoms. The van der Waals surface area contributed by atoms with Crippen molar-refractivity contribution in [2.45, 2.75) is 19.9 Å². The first-order valence-corrected chi connectivity index (χ1v) is 10.2. The van der Waals surface area contributed by atoms with Crippen molar-refractivity contribution >= 4 is 16.9 Å². The third-order valence-corrected chi connectivity index (χ3v) is 4.91. The SMILES string of the molecule is CCOc1c(OC)cc(CNC(=NC)NCCc2c[nH]c3cc(F)ccc23)cc1OC. The van der Waals surface area contributed by atoms with E-state index in [0.29, 0.717) is 42.9 Å². The Morgan fingerprint density at radius 2 is 1.84 bits per heavy atom. The third kappa shape index (κ3) is 5.39. The van der Waals surface area contributed by atoms with Gasteiger partial charge in [0.1, 0.15) is 5.82 Å². The molecule has 8 heteroatoms. The second-order valence-electron chi connectivity index (χ2n) is 6.87. The van der Waals surface area contributed by atoms with Crippen LogP contribution in [0.15, 0.2) is 41.5 Å². The molecule has 0 spiro atoms. The molecule has 166 valence electrons. The van der Waals surface area contributed by atoms with Gasteiger partial charge < -0.3 is 29.8 Å². The van der Waals surface area contributed by atoms with Gasteiger partial charge in [0.05, 0.1) is 20.8 Å². The fraction of sp³-hybridized carbons (Fsp3) is 0.348. The van der Waals surface area contributed by atoms with Crippen molar-refractivity contribution < 1.29 is 18.6 Å². The zero-order valence-corrected chi connectivity index (χ0v) is 18.3. The van der Waals surface area contributed by atoms with Crippen LogP contribution in [-0.4, -0.2) is 45.4 Å². The number of H-pyrrole nitrogens is 1. The van der Waals surface area contributed by atoms with Gasteiger partial charge in [0.15, 0.2) is 17.5 Å². The van der Waals surface area contributed by atoms with Gasteiger partial charge >= 0.3 is 0 Å². The van der Waals surface area contributed by atoms with Gasteiger partial charge in [-0.1, -0.05) is 0 Å². The molecule has 3 aromatic rings. The Hall–Kier alpha value is -3.42. The quantitative estimate of drug-likeness (QED) is 0.358. The number of aromatic nitrogens is 1. The Morgan fingerprint density at radius 1 is 1.10 bits per heavy atom. The minimum Gasteiger partial charge on any atom is -0.493 e. The molecule has 7 nitrogen and oxygen atoms in total. The number of fused-ring (bicyclic) bond motifs is 1. The number of hydrogen-bond acceptors (Lipinski definition) is 4. The zero-order valence-electron chi connectivity index (χ0n) is 18.3. The molecule has 0 saturated carbocycles. The monoisotopic (exact) mass is 428 g/mol. The molecule has 0 atom stereocenters. The first kappa shape index (κ1) is 22.3. The van der Waals surface area contributed by atoms with Crippen LogP contribution in [0.25, 0.3) is 10.9 Å². The number of ether oxygens (including phenoxy) is 3. The Bertz CT molecular complexity index is 1020. The lowest BCUT2D eigenvalue weighted by Crippen LogP contribution is -2.37. The number of nitrogens with zero attached hydrogens (tertiary/aromatic N) is 1. The van der Waals surface area contributed by atoms with Gasteiger partial charge in [-0.05, 0) is 54.8 Å². The summed E-state index contributed by atoms with van der Waals surface area (Å²) in [7, 11) is 4.94. The van der Waals surface area contributed by atoms with Crippen LogP contribution in [0, 0.1) is 5.82 Å². The Morgan fingerprint density at radius 3 is 2.48 bits per heavy atom. The van der Waals surface area contributed by atoms with E-state index >= 15 is 0 Å². The number of benzene rings is 2. The number of aliphatic imine (C=N–C) groups is 1. The molecule has 0 saturated heterocycles. The third-order valence-electron chi connectivity index (χ3n) is 4.91. The summed E-state index contributed by atoms with van der Waals surface area (Å²) in [6, 6.07) is 8.62. The molecule has 0 radical (unpaired) electrons. The summed E-state index contributed by atoms with van der Waals surface area (Å²) in [5.74, 6) is 2.27. The van der Waals surface area contributed by atoms with E-state index in [0.717, 1.165) is 28.5 Å². The smallest absolute Gasteiger partial charge is 0.203 e. The average Bonchev–Trinajstić information content (AvgIpc) is 3.18. The molecule has 0 bridgehead atoms. The maximum absolute atomic E-state index is 13.4. The fourth-order valence-electron chi connectivity index (χ4n) is 3.41. The van der Waals surface area contributed by atoms with E-state index < -0.39 is 0 Å². The van der Waals surface area contributed by atoms with E-state index in [1.807, 2.05) is 25.3 Å². The van der Waals surface area contributed by atoms with Crippen LogP contribution in [-0.2, 0) is 13.0 Å². The number of guanidine groups is 1. The summed E-state index contributed by atoms with van der Waals surface area (Å²) in [6.07, 6.45) is 2.69. The van der Waals surface area contributed by atoms with Gasteiger partial charge in [-0.2, -0.15) is 0 Å². The van der Waals surface area contributed by atoms with Gasteiger partial charge in [-0.25, -0.2) is 4.39 Å². The predicted molar refractivity (Wildman–Crippen MR) is 121 cm³/mol. The second-order valence-corrected chi connectivity index (χ2v) is 6.87. The highest BCUT2D eigenvalue weighted by Crippen LogP contribution is 2.38. The van der Waals surface area contributed by atoms with Gasteiger partial charge in [-0.15, -0.1) is 0 Å². The Labute approximate surface area is 181 Å². The molecule has 0 aliphatic rings. The van der Waals surface area contributed by atoms with E-state index in [4.69, 9.17) is 14.2 Å². The van der Waals surface area contributed by atoms with Crippen molar-refractivity contribution in [2.75, 3.05) is 34.4 Å². The molecule has 3 N–H and O–H groups in total. The van der Waals surface area contributed by atoms with Crippen LogP contribution in [0.1, 0.15) is 18.1 Å². The fourth-order valence-corrected chi connectivity index (χ4v) is 3.41. The lowest BCUT2D eigenvalue weighted by Gasteiger charge is -2.16. The summed E-state index contributed by atoms with van der Waals surface area (Å²) >= 11 is 0. The number of hydrogen-bond donors (Lipinski definition) is 3. The van der Waals surface area contributed by atoms with Crippen LogP contribution in [0.5, 0.6) is 17.2 Å². The van der Waals surface area contributed by atoms with Crippen LogP contribution >= 0.6 is 0 Å². The summed E-state index contributed by atoms with van der Waals surface area (Å²) in [4.78, 5) is 7.39. The van der Waals surface area contributed by atoms with Crippen molar-refractivity contribution in [3.05, 3.63) is 53.5 Å². The highest BCUT2D eigenvalue weighted by molar-refractivity contribution is 5.83. The van der Waals surface area contributed by atoms with Gasteiger partial charge in [0.2, 0.25) is 5.75 Å². The molecule has 0 aliphatic carbocycles. The molecular formula is C23H29FN4O3. The van der Waals surface area contributed by atoms with Crippen LogP contribution in [0.2, 0.25) is 0 Å². The van der Waals surface area contributed by atoms with Crippen LogP contribution < -0.4 is 24.8 Å². The van der Waals surface area contributed by atoms with Crippen molar-refractivity contribution in [1.82, 2.24) is 15.6 Å². The van der Waals surface area contributed by atoms with E-state index in [1.165, 1.54) is 12.1 Å². The lowest BCUT2D eigenvalue weighted by molar-refractivity contribution is 0.288. The van der Waals surface area contributed by atoms with Gasteiger partial charge in [0.25, 0.3) is 0 Å². The van der Waals surface area contributed by atoms with E-state index in [-0.39, 0.29) is 5.82 Å². The molecule has 3 rings (SSSR count). The van der Waals surface area contributed by atoms with Crippen LogP contribution in [0.4, 0.5) is 4.39 Å². The highest BCUT2D eigenvalue weighted by Gasteiger charge is 2.14. The summed E-state index contributed by atoms with van der Waals surface area (Å²) < 4.78 is 29.9. The lowest BCUT2D eigenvalue weighted by atomic mass is 10.1. The minimum absolute atomic E-state index is 0.244. The number of methoxy groups -OCH3 is 2. The summed E-state index contributed by atoms with van der Waals surface area (Å²) in [5, 5.41) is 7.63. The standard InChI is InChI=1S/C23H29FN4O3/c1-5-31-22-20(29-3)10-15(11-21(22)30-4)13-28-23(25-2)26-9-8-16-14-27-19-12-17(24)6-7-18(16)19/h6-7,10-12,14,27H,5,8-9,13H2,1-4H3,(H2,25,26,28). The van der Waals surface area contributed by atoms with E-state index in [9.17, 15) is 4.39 Å². The average molecular weight is 429 g/mol. The second kappa shape index (κ2) is 10.6. The van der Waals surface area contributed by atoms with Crippen molar-refractivity contribution in [1.29, 1.82) is 0 Å². The maximum Gasteiger partial charge on any atom is 0.203 e. The molecule has 2 aromatic carbocycles. The number of nitrogens with one attached hydrogen (secondary N) is 3. The molecule has 0 amide bonds. The first-order valence-electron chi connectivity index (χ1n) is 10.2. The molecular weight excluding hydrogens is 399 g/mol. The topological polar surface area (TPSA) is 79.9 Å². The number of aromatic amines is 1. The molecule has 1 aromatic heterocycles. The van der Waals surface area contributed by atoms with Gasteiger partial charge in [-0.3, -0.25) is 4.99 Å².